The van der Waals surface area contributed by atoms with Crippen LogP contribution in [0.2, 0.25) is 0 Å². The van der Waals surface area contributed by atoms with E-state index in [0.717, 1.165) is 28.5 Å². The second-order valence-corrected chi connectivity index (χ2v) is 11.1. The van der Waals surface area contributed by atoms with E-state index in [9.17, 15) is 10.1 Å². The van der Waals surface area contributed by atoms with Gasteiger partial charge in [-0.2, -0.15) is 5.26 Å². The van der Waals surface area contributed by atoms with E-state index in [4.69, 9.17) is 29.1 Å². The zero-order valence-corrected chi connectivity index (χ0v) is 25.4. The lowest BCUT2D eigenvalue weighted by Crippen LogP contribution is -2.21. The first kappa shape index (κ1) is 29.6. The van der Waals surface area contributed by atoms with E-state index >= 15 is 0 Å². The Morgan fingerprint density at radius 1 is 1.02 bits per heavy atom. The molecule has 4 aromatic rings. The number of esters is 1. The van der Waals surface area contributed by atoms with Crippen LogP contribution in [0, 0.1) is 38.0 Å². The molecule has 1 aromatic heterocycles. The third kappa shape index (κ3) is 5.76. The molecule has 1 aliphatic heterocycles. The molecule has 0 spiro atoms. The van der Waals surface area contributed by atoms with Crippen molar-refractivity contribution in [3.05, 3.63) is 93.6 Å². The monoisotopic (exact) mass is 580 g/mol. The van der Waals surface area contributed by atoms with Crippen LogP contribution < -0.4 is 24.7 Å². The predicted octanol–water partition coefficient (Wildman–Crippen LogP) is 7.62. The summed E-state index contributed by atoms with van der Waals surface area (Å²) in [5, 5.41) is 10.9. The van der Waals surface area contributed by atoms with Crippen LogP contribution >= 0.6 is 0 Å². The molecule has 0 saturated heterocycles. The zero-order chi connectivity index (χ0) is 30.8. The lowest BCUT2D eigenvalue weighted by molar-refractivity contribution is 0.0702. The number of ether oxygens (including phenoxy) is 4. The highest BCUT2D eigenvalue weighted by Crippen LogP contribution is 2.45. The quantitative estimate of drug-likeness (QED) is 0.159. The van der Waals surface area contributed by atoms with Crippen molar-refractivity contribution in [1.29, 1.82) is 5.26 Å². The van der Waals surface area contributed by atoms with E-state index in [1.807, 2.05) is 58.0 Å². The highest BCUT2D eigenvalue weighted by atomic mass is 16.5. The summed E-state index contributed by atoms with van der Waals surface area (Å²) in [4.78, 5) is 13.2. The number of rotatable bonds is 9. The smallest absolute Gasteiger partial charge is 0.379 e. The Labute approximate surface area is 251 Å². The van der Waals surface area contributed by atoms with E-state index in [1.54, 1.807) is 18.2 Å². The average molecular weight is 581 g/mol. The van der Waals surface area contributed by atoms with Crippen molar-refractivity contribution in [2.24, 2.45) is 11.7 Å². The summed E-state index contributed by atoms with van der Waals surface area (Å²) < 4.78 is 29.5. The summed E-state index contributed by atoms with van der Waals surface area (Å²) in [5.74, 6) is 1.37. The van der Waals surface area contributed by atoms with Crippen molar-refractivity contribution in [1.82, 2.24) is 0 Å². The minimum absolute atomic E-state index is 0.0160. The Bertz CT molecular complexity index is 1780. The molecule has 2 N–H and O–H groups in total. The summed E-state index contributed by atoms with van der Waals surface area (Å²) in [5.41, 5.74) is 11.4. The van der Waals surface area contributed by atoms with E-state index < -0.39 is 11.9 Å². The second kappa shape index (κ2) is 12.1. The largest absolute Gasteiger partial charge is 0.490 e. The van der Waals surface area contributed by atoms with Gasteiger partial charge in [-0.1, -0.05) is 38.1 Å². The van der Waals surface area contributed by atoms with Crippen molar-refractivity contribution >= 4 is 16.9 Å². The van der Waals surface area contributed by atoms with Gasteiger partial charge in [0, 0.05) is 22.6 Å². The lowest BCUT2D eigenvalue weighted by Gasteiger charge is -2.27. The van der Waals surface area contributed by atoms with Crippen LogP contribution in [-0.4, -0.2) is 19.2 Å². The molecule has 3 aromatic carbocycles. The fourth-order valence-electron chi connectivity index (χ4n) is 5.20. The molecule has 0 bridgehead atoms. The third-order valence-corrected chi connectivity index (χ3v) is 7.77. The van der Waals surface area contributed by atoms with Gasteiger partial charge in [-0.3, -0.25) is 0 Å². The van der Waals surface area contributed by atoms with Crippen molar-refractivity contribution in [3.63, 3.8) is 0 Å². The van der Waals surface area contributed by atoms with Gasteiger partial charge >= 0.3 is 5.97 Å². The van der Waals surface area contributed by atoms with Gasteiger partial charge in [0.05, 0.1) is 19.1 Å². The molecular formula is C35H36N2O6. The van der Waals surface area contributed by atoms with Crippen molar-refractivity contribution in [3.8, 4) is 29.1 Å². The Morgan fingerprint density at radius 3 is 2.53 bits per heavy atom. The average Bonchev–Trinajstić information content (AvgIpc) is 3.31. The van der Waals surface area contributed by atoms with Crippen LogP contribution in [0.25, 0.3) is 11.0 Å². The van der Waals surface area contributed by atoms with Gasteiger partial charge in [-0.05, 0) is 74.9 Å². The maximum absolute atomic E-state index is 13.2. The van der Waals surface area contributed by atoms with E-state index in [0.29, 0.717) is 53.1 Å². The summed E-state index contributed by atoms with van der Waals surface area (Å²) in [6.45, 7) is 13.0. The minimum Gasteiger partial charge on any atom is -0.490 e. The number of aryl methyl sites for hydroxylation is 3. The van der Waals surface area contributed by atoms with Gasteiger partial charge < -0.3 is 29.1 Å². The Hall–Kier alpha value is -4.90. The summed E-state index contributed by atoms with van der Waals surface area (Å²) >= 11 is 0. The van der Waals surface area contributed by atoms with Gasteiger partial charge in [-0.15, -0.1) is 0 Å². The Kier molecular flexibility index (Phi) is 8.36. The second-order valence-electron chi connectivity index (χ2n) is 11.1. The molecule has 8 nitrogen and oxygen atoms in total. The van der Waals surface area contributed by atoms with Crippen LogP contribution in [0.15, 0.2) is 64.4 Å². The van der Waals surface area contributed by atoms with Gasteiger partial charge in [-0.25, -0.2) is 4.79 Å². The molecular weight excluding hydrogens is 544 g/mol. The molecule has 222 valence electrons. The van der Waals surface area contributed by atoms with Crippen molar-refractivity contribution in [2.45, 2.75) is 53.9 Å². The molecule has 1 unspecified atom stereocenters. The summed E-state index contributed by atoms with van der Waals surface area (Å²) in [6.07, 6.45) is 0.917. The SMILES string of the molecule is CCOc1cc(C2C(C#N)=C(N)Oc3cc(OC(=O)c4oc5c(C)c(C)ccc5c4C)ccc32)ccc1OCCC(C)C. The normalized spacial score (nSPS) is 14.3. The number of hydrogen-bond acceptors (Lipinski definition) is 8. The van der Waals surface area contributed by atoms with Crippen molar-refractivity contribution in [2.75, 3.05) is 13.2 Å². The van der Waals surface area contributed by atoms with Crippen LogP contribution in [0.5, 0.6) is 23.0 Å². The Balaban J connectivity index is 1.46. The molecule has 1 aliphatic rings. The zero-order valence-electron chi connectivity index (χ0n) is 25.4. The first-order valence-electron chi connectivity index (χ1n) is 14.4. The molecule has 0 saturated carbocycles. The summed E-state index contributed by atoms with van der Waals surface area (Å²) in [6, 6.07) is 16.8. The number of nitriles is 1. The number of furan rings is 1. The minimum atomic E-state index is -0.617. The molecule has 5 rings (SSSR count). The molecule has 0 fully saturated rings. The van der Waals surface area contributed by atoms with Crippen LogP contribution in [0.1, 0.15) is 71.5 Å². The molecule has 2 heterocycles. The molecule has 0 aliphatic carbocycles. The number of nitrogens with two attached hydrogens (primary N) is 1. The number of hydrogen-bond donors (Lipinski definition) is 1. The first-order valence-corrected chi connectivity index (χ1v) is 14.4. The van der Waals surface area contributed by atoms with Gasteiger partial charge in [0.25, 0.3) is 0 Å². The maximum atomic E-state index is 13.2. The van der Waals surface area contributed by atoms with E-state index in [2.05, 4.69) is 19.9 Å². The van der Waals surface area contributed by atoms with E-state index in [-0.39, 0.29) is 23.0 Å². The number of allylic oxidation sites excluding steroid dienone is 1. The number of fused-ring (bicyclic) bond motifs is 2. The molecule has 8 heteroatoms. The van der Waals surface area contributed by atoms with Crippen LogP contribution in [-0.2, 0) is 0 Å². The topological polar surface area (TPSA) is 117 Å². The molecule has 1 atom stereocenters. The fraction of sp³-hybridized carbons (Fsp3) is 0.314. The Morgan fingerprint density at radius 2 is 1.81 bits per heavy atom. The summed E-state index contributed by atoms with van der Waals surface area (Å²) in [7, 11) is 0. The third-order valence-electron chi connectivity index (χ3n) is 7.77. The highest BCUT2D eigenvalue weighted by molar-refractivity contribution is 5.98. The molecule has 0 radical (unpaired) electrons. The van der Waals surface area contributed by atoms with Gasteiger partial charge in [0.2, 0.25) is 11.6 Å². The number of carbonyl (C=O) groups is 1. The van der Waals surface area contributed by atoms with Crippen LogP contribution in [0.4, 0.5) is 0 Å². The first-order chi connectivity index (χ1) is 20.6. The fourth-order valence-corrected chi connectivity index (χ4v) is 5.20. The lowest BCUT2D eigenvalue weighted by atomic mass is 9.83. The standard InChI is InChI=1S/C35H36N2O6/c1-7-39-30-16-23(9-13-28(30)40-15-14-19(2)3)31-26-12-10-24(17-29(26)42-34(37)27(31)18-36)41-35(38)33-22(6)25-11-8-20(4)21(5)32(25)43-33/h8-13,16-17,19,31H,7,14-15,37H2,1-6H3. The van der Waals surface area contributed by atoms with Gasteiger partial charge in [0.1, 0.15) is 28.7 Å². The number of nitrogens with zero attached hydrogens (tertiary/aromatic N) is 1. The highest BCUT2D eigenvalue weighted by Gasteiger charge is 2.32. The number of benzene rings is 3. The molecule has 43 heavy (non-hydrogen) atoms. The van der Waals surface area contributed by atoms with E-state index in [1.165, 1.54) is 0 Å². The predicted molar refractivity (Wildman–Crippen MR) is 164 cm³/mol. The van der Waals surface area contributed by atoms with Gasteiger partial charge in [0.15, 0.2) is 11.5 Å². The van der Waals surface area contributed by atoms with Crippen LogP contribution in [0.3, 0.4) is 0 Å². The van der Waals surface area contributed by atoms with Crippen molar-refractivity contribution < 1.29 is 28.2 Å². The molecule has 0 amide bonds. The maximum Gasteiger partial charge on any atom is 0.379 e. The number of carbonyl (C=O) groups excluding carboxylic acids is 1.